The lowest BCUT2D eigenvalue weighted by atomic mass is 10.2. The van der Waals surface area contributed by atoms with E-state index < -0.39 is 4.92 Å². The van der Waals surface area contributed by atoms with Crippen LogP contribution >= 0.6 is 15.9 Å². The third-order valence-corrected chi connectivity index (χ3v) is 2.64. The molecule has 0 aliphatic carbocycles. The molecular formula is C10H13BrN2O3. The molecule has 0 saturated heterocycles. The summed E-state index contributed by atoms with van der Waals surface area (Å²) in [6.07, 6.45) is 0. The summed E-state index contributed by atoms with van der Waals surface area (Å²) in [5.41, 5.74) is 0.758. The Kier molecular flexibility index (Phi) is 4.70. The minimum absolute atomic E-state index is 0.0506. The molecule has 0 fully saturated rings. The largest absolute Gasteiger partial charge is 0.383 e. The minimum atomic E-state index is -0.420. The summed E-state index contributed by atoms with van der Waals surface area (Å²) in [6, 6.07) is 5.03. The molecule has 16 heavy (non-hydrogen) atoms. The normalized spacial score (nSPS) is 12.2. The molecule has 1 unspecified atom stereocenters. The highest BCUT2D eigenvalue weighted by Crippen LogP contribution is 2.27. The molecule has 6 heteroatoms. The van der Waals surface area contributed by atoms with Gasteiger partial charge in [-0.05, 0) is 35.0 Å². The third kappa shape index (κ3) is 3.46. The Labute approximate surface area is 102 Å². The van der Waals surface area contributed by atoms with Crippen molar-refractivity contribution in [3.63, 3.8) is 0 Å². The first-order valence-corrected chi connectivity index (χ1v) is 5.53. The van der Waals surface area contributed by atoms with Gasteiger partial charge in [0.15, 0.2) is 0 Å². The van der Waals surface area contributed by atoms with Crippen molar-refractivity contribution in [1.82, 2.24) is 0 Å². The number of nitro benzene ring substituents is 1. The van der Waals surface area contributed by atoms with Gasteiger partial charge >= 0.3 is 0 Å². The number of methoxy groups -OCH3 is 1. The fraction of sp³-hybridized carbons (Fsp3) is 0.400. The number of ether oxygens (including phenoxy) is 1. The van der Waals surface area contributed by atoms with Gasteiger partial charge in [-0.3, -0.25) is 10.1 Å². The number of rotatable bonds is 5. The second kappa shape index (κ2) is 5.81. The predicted octanol–water partition coefficient (Wildman–Crippen LogP) is 2.80. The van der Waals surface area contributed by atoms with Gasteiger partial charge in [-0.25, -0.2) is 0 Å². The molecule has 0 heterocycles. The first-order chi connectivity index (χ1) is 7.54. The number of nitrogens with one attached hydrogen (secondary N) is 1. The average molecular weight is 289 g/mol. The maximum Gasteiger partial charge on any atom is 0.285 e. The lowest BCUT2D eigenvalue weighted by Gasteiger charge is -2.13. The minimum Gasteiger partial charge on any atom is -0.383 e. The van der Waals surface area contributed by atoms with Crippen LogP contribution in [0.4, 0.5) is 11.4 Å². The van der Waals surface area contributed by atoms with E-state index in [-0.39, 0.29) is 11.7 Å². The summed E-state index contributed by atoms with van der Waals surface area (Å²) in [4.78, 5) is 10.3. The summed E-state index contributed by atoms with van der Waals surface area (Å²) >= 11 is 3.13. The first kappa shape index (κ1) is 12.9. The SMILES string of the molecule is COCC(C)Nc1ccc(Br)c([N+](=O)[O-])c1. The van der Waals surface area contributed by atoms with Crippen molar-refractivity contribution in [2.75, 3.05) is 19.0 Å². The average Bonchev–Trinajstić information content (AvgIpc) is 2.21. The molecule has 0 amide bonds. The van der Waals surface area contributed by atoms with E-state index >= 15 is 0 Å². The summed E-state index contributed by atoms with van der Waals surface area (Å²) in [5, 5.41) is 13.8. The van der Waals surface area contributed by atoms with Crippen LogP contribution in [0.25, 0.3) is 0 Å². The van der Waals surface area contributed by atoms with Gasteiger partial charge in [0.2, 0.25) is 0 Å². The molecule has 0 aliphatic rings. The van der Waals surface area contributed by atoms with Crippen LogP contribution in [0, 0.1) is 10.1 Å². The van der Waals surface area contributed by atoms with Crippen LogP contribution in [0.3, 0.4) is 0 Å². The van der Waals surface area contributed by atoms with Crippen molar-refractivity contribution >= 4 is 27.3 Å². The van der Waals surface area contributed by atoms with Gasteiger partial charge < -0.3 is 10.1 Å². The third-order valence-electron chi connectivity index (χ3n) is 1.97. The second-order valence-electron chi connectivity index (χ2n) is 3.42. The Balaban J connectivity index is 2.82. The van der Waals surface area contributed by atoms with Gasteiger partial charge in [0, 0.05) is 24.9 Å². The number of halogens is 1. The van der Waals surface area contributed by atoms with Gasteiger partial charge in [-0.2, -0.15) is 0 Å². The van der Waals surface area contributed by atoms with Crippen LogP contribution in [0.5, 0.6) is 0 Å². The Morgan fingerprint density at radius 2 is 2.31 bits per heavy atom. The fourth-order valence-corrected chi connectivity index (χ4v) is 1.71. The molecular weight excluding hydrogens is 276 g/mol. The molecule has 1 atom stereocenters. The van der Waals surface area contributed by atoms with E-state index in [9.17, 15) is 10.1 Å². The monoisotopic (exact) mass is 288 g/mol. The van der Waals surface area contributed by atoms with Crippen molar-refractivity contribution in [3.8, 4) is 0 Å². The van der Waals surface area contributed by atoms with Gasteiger partial charge in [0.25, 0.3) is 5.69 Å². The van der Waals surface area contributed by atoms with Crippen LogP contribution in [-0.2, 0) is 4.74 Å². The number of nitrogens with zero attached hydrogens (tertiary/aromatic N) is 1. The zero-order valence-electron chi connectivity index (χ0n) is 9.07. The maximum atomic E-state index is 10.7. The topological polar surface area (TPSA) is 64.4 Å². The van der Waals surface area contributed by atoms with Crippen molar-refractivity contribution in [2.45, 2.75) is 13.0 Å². The van der Waals surface area contributed by atoms with Gasteiger partial charge in [0.1, 0.15) is 0 Å². The fourth-order valence-electron chi connectivity index (χ4n) is 1.32. The number of hydrogen-bond donors (Lipinski definition) is 1. The molecule has 88 valence electrons. The molecule has 5 nitrogen and oxygen atoms in total. The van der Waals surface area contributed by atoms with Crippen molar-refractivity contribution < 1.29 is 9.66 Å². The quantitative estimate of drug-likeness (QED) is 0.668. The number of nitro groups is 1. The number of hydrogen-bond acceptors (Lipinski definition) is 4. The molecule has 0 aliphatic heterocycles. The lowest BCUT2D eigenvalue weighted by molar-refractivity contribution is -0.385. The zero-order valence-corrected chi connectivity index (χ0v) is 10.7. The molecule has 0 aromatic heterocycles. The lowest BCUT2D eigenvalue weighted by Crippen LogP contribution is -2.20. The predicted molar refractivity (Wildman–Crippen MR) is 65.8 cm³/mol. The van der Waals surface area contributed by atoms with Crippen molar-refractivity contribution in [3.05, 3.63) is 32.8 Å². The standard InChI is InChI=1S/C10H13BrN2O3/c1-7(6-16-2)12-8-3-4-9(11)10(5-8)13(14)15/h3-5,7,12H,6H2,1-2H3. The van der Waals surface area contributed by atoms with Crippen LogP contribution in [-0.4, -0.2) is 24.7 Å². The van der Waals surface area contributed by atoms with E-state index in [4.69, 9.17) is 4.74 Å². The maximum absolute atomic E-state index is 10.7. The van der Waals surface area contributed by atoms with Gasteiger partial charge in [0.05, 0.1) is 16.0 Å². The molecule has 1 rings (SSSR count). The zero-order chi connectivity index (χ0) is 12.1. The number of anilines is 1. The highest BCUT2D eigenvalue weighted by molar-refractivity contribution is 9.10. The summed E-state index contributed by atoms with van der Waals surface area (Å²) < 4.78 is 5.45. The molecule has 0 saturated carbocycles. The molecule has 1 N–H and O–H groups in total. The highest BCUT2D eigenvalue weighted by atomic mass is 79.9. The van der Waals surface area contributed by atoms with Crippen molar-refractivity contribution in [1.29, 1.82) is 0 Å². The van der Waals surface area contributed by atoms with E-state index in [0.717, 1.165) is 0 Å². The Morgan fingerprint density at radius 1 is 1.62 bits per heavy atom. The Bertz CT molecular complexity index is 384. The van der Waals surface area contributed by atoms with Crippen LogP contribution < -0.4 is 5.32 Å². The van der Waals surface area contributed by atoms with E-state index in [2.05, 4.69) is 21.2 Å². The van der Waals surface area contributed by atoms with E-state index in [1.54, 1.807) is 19.2 Å². The summed E-state index contributed by atoms with van der Waals surface area (Å²) in [5.74, 6) is 0. The van der Waals surface area contributed by atoms with E-state index in [1.807, 2.05) is 6.92 Å². The molecule has 0 spiro atoms. The number of benzene rings is 1. The smallest absolute Gasteiger partial charge is 0.285 e. The van der Waals surface area contributed by atoms with E-state index in [0.29, 0.717) is 16.8 Å². The van der Waals surface area contributed by atoms with E-state index in [1.165, 1.54) is 6.07 Å². The molecule has 1 aromatic rings. The van der Waals surface area contributed by atoms with Crippen molar-refractivity contribution in [2.24, 2.45) is 0 Å². The van der Waals surface area contributed by atoms with Gasteiger partial charge in [-0.15, -0.1) is 0 Å². The Morgan fingerprint density at radius 3 is 2.88 bits per heavy atom. The molecule has 0 radical (unpaired) electrons. The molecule has 1 aromatic carbocycles. The highest BCUT2D eigenvalue weighted by Gasteiger charge is 2.13. The van der Waals surface area contributed by atoms with Crippen LogP contribution in [0.2, 0.25) is 0 Å². The van der Waals surface area contributed by atoms with Gasteiger partial charge in [-0.1, -0.05) is 0 Å². The van der Waals surface area contributed by atoms with Crippen LogP contribution in [0.1, 0.15) is 6.92 Å². The molecule has 0 bridgehead atoms. The second-order valence-corrected chi connectivity index (χ2v) is 4.28. The first-order valence-electron chi connectivity index (χ1n) is 4.74. The van der Waals surface area contributed by atoms with Crippen LogP contribution in [0.15, 0.2) is 22.7 Å². The summed E-state index contributed by atoms with van der Waals surface area (Å²) in [6.45, 7) is 2.49. The Hall–Kier alpha value is -1.14. The summed E-state index contributed by atoms with van der Waals surface area (Å²) in [7, 11) is 1.61.